The summed E-state index contributed by atoms with van der Waals surface area (Å²) in [7, 11) is 1.74. The number of rotatable bonds is 7. The van der Waals surface area contributed by atoms with Crippen molar-refractivity contribution in [2.75, 3.05) is 20.3 Å². The summed E-state index contributed by atoms with van der Waals surface area (Å²) in [6, 6.07) is 0. The SMILES string of the molecule is CCC1NC2(CCCC2)C(=O)N1CCCCCOC. The lowest BCUT2D eigenvalue weighted by Gasteiger charge is -2.23. The van der Waals surface area contributed by atoms with Gasteiger partial charge in [-0.15, -0.1) is 0 Å². The van der Waals surface area contributed by atoms with Crippen LogP contribution in [0.1, 0.15) is 58.3 Å². The van der Waals surface area contributed by atoms with Crippen molar-refractivity contribution in [3.63, 3.8) is 0 Å². The molecule has 2 rings (SSSR count). The average Bonchev–Trinajstić information content (AvgIpc) is 2.99. The first-order chi connectivity index (χ1) is 9.23. The standard InChI is InChI=1S/C15H28N2O2/c1-3-13-16-15(9-5-6-10-15)14(18)17(13)11-7-4-8-12-19-2/h13,16H,3-12H2,1-2H3. The monoisotopic (exact) mass is 268 g/mol. The van der Waals surface area contributed by atoms with Gasteiger partial charge in [-0.3, -0.25) is 10.1 Å². The van der Waals surface area contributed by atoms with Crippen LogP contribution in [0.5, 0.6) is 0 Å². The Morgan fingerprint density at radius 3 is 2.68 bits per heavy atom. The van der Waals surface area contributed by atoms with Crippen LogP contribution >= 0.6 is 0 Å². The zero-order chi connectivity index (χ0) is 13.7. The predicted molar refractivity (Wildman–Crippen MR) is 75.9 cm³/mol. The van der Waals surface area contributed by atoms with E-state index in [0.717, 1.165) is 51.7 Å². The third-order valence-corrected chi connectivity index (χ3v) is 4.58. The van der Waals surface area contributed by atoms with Crippen LogP contribution in [0.2, 0.25) is 0 Å². The van der Waals surface area contributed by atoms with Gasteiger partial charge >= 0.3 is 0 Å². The number of hydrogen-bond acceptors (Lipinski definition) is 3. The van der Waals surface area contributed by atoms with E-state index in [1.54, 1.807) is 7.11 Å². The Kier molecular flexibility index (Phi) is 5.22. The summed E-state index contributed by atoms with van der Waals surface area (Å²) in [4.78, 5) is 14.8. The number of nitrogens with zero attached hydrogens (tertiary/aromatic N) is 1. The lowest BCUT2D eigenvalue weighted by molar-refractivity contribution is -0.133. The molecule has 1 atom stereocenters. The molecule has 2 fully saturated rings. The molecule has 4 nitrogen and oxygen atoms in total. The van der Waals surface area contributed by atoms with Gasteiger partial charge in [-0.05, 0) is 38.5 Å². The first-order valence-corrected chi connectivity index (χ1v) is 7.81. The summed E-state index contributed by atoms with van der Waals surface area (Å²) in [6.45, 7) is 3.89. The van der Waals surface area contributed by atoms with E-state index in [1.165, 1.54) is 12.8 Å². The topological polar surface area (TPSA) is 41.6 Å². The number of ether oxygens (including phenoxy) is 1. The van der Waals surface area contributed by atoms with E-state index >= 15 is 0 Å². The van der Waals surface area contributed by atoms with Crippen molar-refractivity contribution in [1.82, 2.24) is 10.2 Å². The van der Waals surface area contributed by atoms with E-state index in [2.05, 4.69) is 17.1 Å². The first-order valence-electron chi connectivity index (χ1n) is 7.81. The van der Waals surface area contributed by atoms with Gasteiger partial charge in [0.05, 0.1) is 11.7 Å². The third kappa shape index (κ3) is 3.11. The number of carbonyl (C=O) groups excluding carboxylic acids is 1. The number of hydrogen-bond donors (Lipinski definition) is 1. The van der Waals surface area contributed by atoms with Gasteiger partial charge in [0.25, 0.3) is 0 Å². The van der Waals surface area contributed by atoms with Gasteiger partial charge in [0.1, 0.15) is 0 Å². The molecule has 110 valence electrons. The van der Waals surface area contributed by atoms with E-state index in [4.69, 9.17) is 4.74 Å². The molecule has 0 aromatic heterocycles. The molecule has 0 radical (unpaired) electrons. The van der Waals surface area contributed by atoms with Crippen molar-refractivity contribution in [3.05, 3.63) is 0 Å². The first kappa shape index (κ1) is 14.8. The highest BCUT2D eigenvalue weighted by Crippen LogP contribution is 2.37. The molecule has 0 aromatic carbocycles. The quantitative estimate of drug-likeness (QED) is 0.720. The summed E-state index contributed by atoms with van der Waals surface area (Å²) in [5.41, 5.74) is -0.201. The normalized spacial score (nSPS) is 25.7. The fraction of sp³-hybridized carbons (Fsp3) is 0.933. The van der Waals surface area contributed by atoms with Gasteiger partial charge in [-0.25, -0.2) is 0 Å². The molecule has 1 amide bonds. The molecular formula is C15H28N2O2. The number of nitrogens with one attached hydrogen (secondary N) is 1. The van der Waals surface area contributed by atoms with Crippen molar-refractivity contribution in [1.29, 1.82) is 0 Å². The Bertz CT molecular complexity index is 301. The van der Waals surface area contributed by atoms with E-state index in [1.807, 2.05) is 0 Å². The van der Waals surface area contributed by atoms with Crippen molar-refractivity contribution in [2.24, 2.45) is 0 Å². The van der Waals surface area contributed by atoms with Crippen LogP contribution in [0.25, 0.3) is 0 Å². The van der Waals surface area contributed by atoms with Crippen LogP contribution in [0.15, 0.2) is 0 Å². The highest BCUT2D eigenvalue weighted by atomic mass is 16.5. The highest BCUT2D eigenvalue weighted by Gasteiger charge is 2.51. The van der Waals surface area contributed by atoms with Crippen LogP contribution in [-0.2, 0) is 9.53 Å². The largest absolute Gasteiger partial charge is 0.385 e. The predicted octanol–water partition coefficient (Wildman–Crippen LogP) is 2.28. The van der Waals surface area contributed by atoms with Crippen LogP contribution in [0, 0.1) is 0 Å². The summed E-state index contributed by atoms with van der Waals surface area (Å²) in [5.74, 6) is 0.364. The summed E-state index contributed by atoms with van der Waals surface area (Å²) in [6.07, 6.45) is 9.02. The molecule has 1 heterocycles. The minimum atomic E-state index is -0.201. The second-order valence-corrected chi connectivity index (χ2v) is 5.91. The molecule has 1 spiro atoms. The Balaban J connectivity index is 1.85. The molecule has 1 saturated heterocycles. The van der Waals surface area contributed by atoms with Gasteiger partial charge in [-0.1, -0.05) is 19.8 Å². The molecule has 0 aromatic rings. The van der Waals surface area contributed by atoms with E-state index < -0.39 is 0 Å². The number of amides is 1. The number of carbonyl (C=O) groups is 1. The molecule has 4 heteroatoms. The van der Waals surface area contributed by atoms with Crippen LogP contribution < -0.4 is 5.32 Å². The lowest BCUT2D eigenvalue weighted by Crippen LogP contribution is -2.44. The molecule has 1 N–H and O–H groups in total. The lowest BCUT2D eigenvalue weighted by atomic mass is 9.98. The van der Waals surface area contributed by atoms with Gasteiger partial charge in [0.15, 0.2) is 0 Å². The van der Waals surface area contributed by atoms with E-state index in [9.17, 15) is 4.79 Å². The molecule has 1 aliphatic carbocycles. The van der Waals surface area contributed by atoms with Crippen molar-refractivity contribution < 1.29 is 9.53 Å². The fourth-order valence-corrected chi connectivity index (χ4v) is 3.50. The van der Waals surface area contributed by atoms with Gasteiger partial charge in [0, 0.05) is 20.3 Å². The van der Waals surface area contributed by atoms with Crippen LogP contribution in [-0.4, -0.2) is 42.8 Å². The second kappa shape index (κ2) is 6.71. The molecule has 2 aliphatic rings. The summed E-state index contributed by atoms with van der Waals surface area (Å²) in [5, 5.41) is 3.62. The second-order valence-electron chi connectivity index (χ2n) is 5.91. The highest BCUT2D eigenvalue weighted by molar-refractivity contribution is 5.89. The van der Waals surface area contributed by atoms with Crippen molar-refractivity contribution >= 4 is 5.91 Å². The zero-order valence-electron chi connectivity index (χ0n) is 12.4. The fourth-order valence-electron chi connectivity index (χ4n) is 3.50. The minimum absolute atomic E-state index is 0.201. The molecule has 19 heavy (non-hydrogen) atoms. The Hall–Kier alpha value is -0.610. The van der Waals surface area contributed by atoms with Crippen molar-refractivity contribution in [2.45, 2.75) is 70.0 Å². The molecule has 1 unspecified atom stereocenters. The van der Waals surface area contributed by atoms with E-state index in [0.29, 0.717) is 5.91 Å². The van der Waals surface area contributed by atoms with Gasteiger partial charge in [0.2, 0.25) is 5.91 Å². The number of unbranched alkanes of at least 4 members (excludes halogenated alkanes) is 2. The summed E-state index contributed by atoms with van der Waals surface area (Å²) >= 11 is 0. The molecule has 0 bridgehead atoms. The Morgan fingerprint density at radius 1 is 1.32 bits per heavy atom. The van der Waals surface area contributed by atoms with Gasteiger partial charge < -0.3 is 9.64 Å². The molecule has 1 aliphatic heterocycles. The van der Waals surface area contributed by atoms with Crippen LogP contribution in [0.3, 0.4) is 0 Å². The maximum atomic E-state index is 12.7. The third-order valence-electron chi connectivity index (χ3n) is 4.58. The van der Waals surface area contributed by atoms with Gasteiger partial charge in [-0.2, -0.15) is 0 Å². The minimum Gasteiger partial charge on any atom is -0.385 e. The van der Waals surface area contributed by atoms with E-state index in [-0.39, 0.29) is 11.7 Å². The maximum Gasteiger partial charge on any atom is 0.244 e. The van der Waals surface area contributed by atoms with Crippen LogP contribution in [0.4, 0.5) is 0 Å². The maximum absolute atomic E-state index is 12.7. The zero-order valence-corrected chi connectivity index (χ0v) is 12.4. The number of methoxy groups -OCH3 is 1. The Labute approximate surface area is 116 Å². The van der Waals surface area contributed by atoms with Crippen molar-refractivity contribution in [3.8, 4) is 0 Å². The molecule has 1 saturated carbocycles. The summed E-state index contributed by atoms with van der Waals surface area (Å²) < 4.78 is 5.06. The smallest absolute Gasteiger partial charge is 0.244 e. The average molecular weight is 268 g/mol. The Morgan fingerprint density at radius 2 is 2.05 bits per heavy atom. The molecular weight excluding hydrogens is 240 g/mol.